The van der Waals surface area contributed by atoms with E-state index in [2.05, 4.69) is 35.1 Å². The fourth-order valence-electron chi connectivity index (χ4n) is 14.2. The molecule has 0 bridgehead atoms. The van der Waals surface area contributed by atoms with Crippen molar-refractivity contribution in [2.45, 2.75) is 146 Å². The predicted molar refractivity (Wildman–Crippen MR) is 286 cm³/mol. The van der Waals surface area contributed by atoms with Gasteiger partial charge in [-0.15, -0.1) is 0 Å². The molecule has 0 amide bonds. The molecule has 6 aromatic heterocycles. The molecular weight excluding hydrogens is 1120 g/mol. The highest BCUT2D eigenvalue weighted by molar-refractivity contribution is 5.65. The maximum atomic E-state index is 13.2. The Morgan fingerprint density at radius 3 is 1.25 bits per heavy atom. The standard InChI is InChI=1S/C21H24F5N5O.2C18H21F3N4O/c22-18(23)8-31-17(19-13-2-12(3-14(13)19)30-6-10(7-30)9-32)4-16(29-31)11-1-15(21(24,25)26)20(27)28-5-11;2*1-8(2)25-13(15-10-3-4-14(26)16(10)15)6-12(24-25)9-5-11(18(19,20)21)17(22)23-7-9/h1,4-5,10,12-14,18-19,32H,2-3,6-9H2,(H2,27,28);2*5-8,10,14-16,26H,3-4H2,1-2H3,(H2,22,23)/t12?,13-,14+,19?;2*10-,14+,15+,16+/m.11/s1. The van der Waals surface area contributed by atoms with E-state index >= 15 is 0 Å². The monoisotopic (exact) mass is 1190 g/mol. The van der Waals surface area contributed by atoms with Crippen LogP contribution in [0.2, 0.25) is 0 Å². The van der Waals surface area contributed by atoms with Crippen LogP contribution < -0.4 is 17.2 Å². The minimum atomic E-state index is -4.67. The van der Waals surface area contributed by atoms with Gasteiger partial charge in [-0.1, -0.05) is 0 Å². The van der Waals surface area contributed by atoms with Crippen molar-refractivity contribution in [1.82, 2.24) is 49.2 Å². The molecule has 6 aromatic rings. The number of aliphatic hydroxyl groups excluding tert-OH is 3. The lowest BCUT2D eigenvalue weighted by molar-refractivity contribution is -0.137. The molecule has 7 fully saturated rings. The van der Waals surface area contributed by atoms with E-state index < -0.39 is 65.6 Å². The molecule has 13 rings (SSSR count). The summed E-state index contributed by atoms with van der Waals surface area (Å²) in [5.74, 6) is 1.29. The Morgan fingerprint density at radius 1 is 0.536 bits per heavy atom. The number of halogens is 11. The summed E-state index contributed by atoms with van der Waals surface area (Å²) in [6.07, 6.45) is -7.63. The Labute approximate surface area is 475 Å². The highest BCUT2D eigenvalue weighted by Crippen LogP contribution is 2.66. The molecular formula is C57H66F11N13O3. The fourth-order valence-corrected chi connectivity index (χ4v) is 14.2. The summed E-state index contributed by atoms with van der Waals surface area (Å²) in [6.45, 7) is 9.32. The van der Waals surface area contributed by atoms with Crippen LogP contribution in [0.3, 0.4) is 0 Å². The van der Waals surface area contributed by atoms with E-state index in [1.807, 2.05) is 49.2 Å². The maximum Gasteiger partial charge on any atom is 0.419 e. The van der Waals surface area contributed by atoms with Gasteiger partial charge in [0.25, 0.3) is 6.43 Å². The number of nitrogens with zero attached hydrogens (tertiary/aromatic N) is 10. The largest absolute Gasteiger partial charge is 0.419 e. The second kappa shape index (κ2) is 21.8. The summed E-state index contributed by atoms with van der Waals surface area (Å²) < 4.78 is 150. The number of aromatic nitrogens is 9. The van der Waals surface area contributed by atoms with Crippen LogP contribution in [0.4, 0.5) is 65.7 Å². The van der Waals surface area contributed by atoms with Crippen molar-refractivity contribution < 1.29 is 63.6 Å². The third-order valence-electron chi connectivity index (χ3n) is 18.3. The highest BCUT2D eigenvalue weighted by atomic mass is 19.4. The summed E-state index contributed by atoms with van der Waals surface area (Å²) in [5, 5.41) is 42.7. The number of hydrogen-bond acceptors (Lipinski definition) is 13. The average molecular weight is 1190 g/mol. The second-order valence-corrected chi connectivity index (χ2v) is 24.3. The van der Waals surface area contributed by atoms with Gasteiger partial charge in [-0.05, 0) is 138 Å². The molecule has 12 atom stereocenters. The summed E-state index contributed by atoms with van der Waals surface area (Å²) in [6, 6.07) is 8.76. The van der Waals surface area contributed by atoms with E-state index in [0.29, 0.717) is 63.8 Å². The third kappa shape index (κ3) is 11.3. The van der Waals surface area contributed by atoms with E-state index in [9.17, 15) is 63.6 Å². The van der Waals surface area contributed by atoms with Crippen LogP contribution in [-0.4, -0.2) is 109 Å². The SMILES string of the molecule is CC(C)n1nc(-c2cnc(N)c(C(F)(F)F)c2)cc1[C@@H]1[C@H]2CC[C@H](O)[C@H]21.CC(C)n1nc(-c2cnc(N)c(C(F)(F)F)c2)cc1[C@@H]1[C@H]2CC[C@H](O)[C@H]21.Nc1ncc(-c2cc(C3[C@H]4CC(N5CC(CO)C5)C[C@@H]34)n(CC(F)F)n2)cc1C(F)(F)F. The smallest absolute Gasteiger partial charge is 0.396 e. The number of aliphatic hydroxyl groups is 3. The maximum absolute atomic E-state index is 13.2. The minimum absolute atomic E-state index is 0.0704. The van der Waals surface area contributed by atoms with Gasteiger partial charge in [0, 0.05) is 114 Å². The zero-order chi connectivity index (χ0) is 60.4. The lowest BCUT2D eigenvalue weighted by Gasteiger charge is -2.43. The van der Waals surface area contributed by atoms with Crippen LogP contribution in [0, 0.1) is 41.4 Å². The van der Waals surface area contributed by atoms with Gasteiger partial charge in [0.15, 0.2) is 0 Å². The Morgan fingerprint density at radius 2 is 0.917 bits per heavy atom. The molecule has 0 aromatic carbocycles. The number of pyridine rings is 3. The van der Waals surface area contributed by atoms with Gasteiger partial charge < -0.3 is 32.5 Å². The van der Waals surface area contributed by atoms with E-state index in [1.54, 1.807) is 6.07 Å². The topological polar surface area (TPSA) is 234 Å². The zero-order valence-electron chi connectivity index (χ0n) is 46.2. The first-order valence-electron chi connectivity index (χ1n) is 28.3. The molecule has 7 heterocycles. The van der Waals surface area contributed by atoms with Crippen LogP contribution >= 0.6 is 0 Å². The van der Waals surface area contributed by atoms with Gasteiger partial charge in [-0.3, -0.25) is 18.9 Å². The molecule has 9 N–H and O–H groups in total. The number of alkyl halides is 11. The van der Waals surface area contributed by atoms with Crippen molar-refractivity contribution in [2.24, 2.45) is 41.4 Å². The van der Waals surface area contributed by atoms with Crippen LogP contribution in [-0.2, 0) is 25.1 Å². The molecule has 2 unspecified atom stereocenters. The van der Waals surface area contributed by atoms with E-state index in [4.69, 9.17) is 17.2 Å². The molecule has 7 aliphatic rings. The van der Waals surface area contributed by atoms with Crippen LogP contribution in [0.15, 0.2) is 55.0 Å². The number of nitrogen functional groups attached to an aromatic ring is 3. The van der Waals surface area contributed by atoms with Gasteiger partial charge in [-0.2, -0.15) is 54.8 Å². The van der Waals surface area contributed by atoms with Gasteiger partial charge in [0.2, 0.25) is 0 Å². The average Bonchev–Trinajstić information content (AvgIpc) is 2.29. The number of rotatable bonds is 12. The zero-order valence-corrected chi connectivity index (χ0v) is 46.2. The predicted octanol–water partition coefficient (Wildman–Crippen LogP) is 10.4. The lowest BCUT2D eigenvalue weighted by atomic mass is 9.95. The molecule has 6 saturated carbocycles. The first-order chi connectivity index (χ1) is 39.5. The Kier molecular flexibility index (Phi) is 15.4. The normalized spacial score (nSPS) is 28.0. The summed E-state index contributed by atoms with van der Waals surface area (Å²) in [5.41, 5.74) is 17.6. The van der Waals surface area contributed by atoms with Crippen molar-refractivity contribution >= 4 is 17.5 Å². The first-order valence-corrected chi connectivity index (χ1v) is 28.3. The quantitative estimate of drug-likeness (QED) is 0.0627. The third-order valence-corrected chi connectivity index (χ3v) is 18.3. The minimum Gasteiger partial charge on any atom is -0.396 e. The van der Waals surface area contributed by atoms with Crippen LogP contribution in [0.1, 0.15) is 130 Å². The van der Waals surface area contributed by atoms with E-state index in [1.165, 1.54) is 23.3 Å². The number of anilines is 3. The van der Waals surface area contributed by atoms with Crippen molar-refractivity contribution in [1.29, 1.82) is 0 Å². The molecule has 0 spiro atoms. The van der Waals surface area contributed by atoms with Crippen molar-refractivity contribution in [3.63, 3.8) is 0 Å². The number of fused-ring (bicyclic) bond motifs is 3. The molecule has 84 heavy (non-hydrogen) atoms. The van der Waals surface area contributed by atoms with E-state index in [0.717, 1.165) is 81.2 Å². The molecule has 6 aliphatic carbocycles. The fraction of sp³-hybridized carbons (Fsp3) is 0.579. The first kappa shape index (κ1) is 59.3. The molecule has 1 saturated heterocycles. The Balaban J connectivity index is 0.000000133. The van der Waals surface area contributed by atoms with Crippen LogP contribution in [0.25, 0.3) is 33.8 Å². The summed E-state index contributed by atoms with van der Waals surface area (Å²) in [7, 11) is 0. The van der Waals surface area contributed by atoms with Crippen molar-refractivity contribution in [3.8, 4) is 33.8 Å². The van der Waals surface area contributed by atoms with Gasteiger partial charge in [0.1, 0.15) is 24.0 Å². The molecule has 1 aliphatic heterocycles. The summed E-state index contributed by atoms with van der Waals surface area (Å²) in [4.78, 5) is 13.4. The molecule has 0 radical (unpaired) electrons. The molecule has 454 valence electrons. The Bertz CT molecular complexity index is 3240. The van der Waals surface area contributed by atoms with Gasteiger partial charge in [0.05, 0.1) is 46.0 Å². The lowest BCUT2D eigenvalue weighted by Crippen LogP contribution is -2.52. The number of nitrogens with two attached hydrogens (primary N) is 3. The highest BCUT2D eigenvalue weighted by Gasteiger charge is 2.61. The van der Waals surface area contributed by atoms with Gasteiger partial charge in [-0.25, -0.2) is 23.7 Å². The molecule has 27 heteroatoms. The number of hydrogen-bond donors (Lipinski definition) is 6. The van der Waals surface area contributed by atoms with Crippen molar-refractivity contribution in [3.05, 3.63) is 88.8 Å². The van der Waals surface area contributed by atoms with Crippen LogP contribution in [0.5, 0.6) is 0 Å². The molecule has 16 nitrogen and oxygen atoms in total. The Hall–Kier alpha value is -6.45. The van der Waals surface area contributed by atoms with E-state index in [-0.39, 0.29) is 71.7 Å². The summed E-state index contributed by atoms with van der Waals surface area (Å²) >= 11 is 0. The number of likely N-dealkylation sites (tertiary alicyclic amines) is 1. The van der Waals surface area contributed by atoms with Gasteiger partial charge >= 0.3 is 18.5 Å². The second-order valence-electron chi connectivity index (χ2n) is 24.3. The van der Waals surface area contributed by atoms with Crippen molar-refractivity contribution in [2.75, 3.05) is 36.9 Å².